The average molecular weight is 455 g/mol. The van der Waals surface area contributed by atoms with Crippen LogP contribution < -0.4 is 0 Å². The van der Waals surface area contributed by atoms with Crippen LogP contribution in [-0.4, -0.2) is 24.1 Å². The van der Waals surface area contributed by atoms with Crippen LogP contribution in [0.2, 0.25) is 0 Å². The zero-order chi connectivity index (χ0) is 24.0. The minimum Gasteiger partial charge on any atom is -0.463 e. The molecule has 1 atom stereocenters. The quantitative estimate of drug-likeness (QED) is 0.121. The van der Waals surface area contributed by atoms with E-state index in [1.807, 2.05) is 27.7 Å². The third-order valence-electron chi connectivity index (χ3n) is 6.06. The summed E-state index contributed by atoms with van der Waals surface area (Å²) < 4.78 is 10.4. The van der Waals surface area contributed by atoms with Crippen molar-refractivity contribution in [2.45, 2.75) is 162 Å². The smallest absolute Gasteiger partial charge is 0.306 e. The molecule has 0 radical (unpaired) electrons. The minimum absolute atomic E-state index is 0.000758. The first-order valence-electron chi connectivity index (χ1n) is 13.7. The Balaban J connectivity index is 3.36. The first-order valence-corrected chi connectivity index (χ1v) is 13.7. The summed E-state index contributed by atoms with van der Waals surface area (Å²) >= 11 is 0. The summed E-state index contributed by atoms with van der Waals surface area (Å²) in [4.78, 5) is 23.1. The topological polar surface area (TPSA) is 52.6 Å². The van der Waals surface area contributed by atoms with Crippen LogP contribution in [0.4, 0.5) is 0 Å². The summed E-state index contributed by atoms with van der Waals surface area (Å²) in [5.41, 5.74) is 0. The van der Waals surface area contributed by atoms with Gasteiger partial charge >= 0.3 is 11.9 Å². The van der Waals surface area contributed by atoms with Crippen molar-refractivity contribution in [3.63, 3.8) is 0 Å². The van der Waals surface area contributed by atoms with Gasteiger partial charge in [-0.3, -0.25) is 9.59 Å². The number of unbranched alkanes of at least 4 members (excludes halogenated alkanes) is 12. The van der Waals surface area contributed by atoms with Crippen molar-refractivity contribution < 1.29 is 19.1 Å². The highest BCUT2D eigenvalue weighted by Gasteiger charge is 2.11. The molecular weight excluding hydrogens is 400 g/mol. The van der Waals surface area contributed by atoms with Crippen molar-refractivity contribution in [1.29, 1.82) is 0 Å². The Morgan fingerprint density at radius 3 is 1.31 bits per heavy atom. The standard InChI is InChI=1S/C28H54O4/c1-6-26(22-23-28(30)32-25(4)5)20-18-16-14-12-10-8-7-9-11-13-15-17-19-21-27(29)31-24(2)3/h24-26H,6-23H2,1-5H3. The van der Waals surface area contributed by atoms with Gasteiger partial charge in [0.15, 0.2) is 0 Å². The molecule has 0 aliphatic heterocycles. The highest BCUT2D eigenvalue weighted by molar-refractivity contribution is 5.69. The molecule has 190 valence electrons. The Kier molecular flexibility index (Phi) is 21.0. The largest absolute Gasteiger partial charge is 0.463 e. The lowest BCUT2D eigenvalue weighted by atomic mass is 9.93. The number of esters is 2. The molecule has 0 N–H and O–H groups in total. The van der Waals surface area contributed by atoms with Crippen molar-refractivity contribution in [2.24, 2.45) is 5.92 Å². The van der Waals surface area contributed by atoms with Gasteiger partial charge in [-0.2, -0.15) is 0 Å². The average Bonchev–Trinajstić information content (AvgIpc) is 2.71. The van der Waals surface area contributed by atoms with Crippen LogP contribution in [0.3, 0.4) is 0 Å². The van der Waals surface area contributed by atoms with E-state index in [9.17, 15) is 9.59 Å². The molecule has 0 aromatic heterocycles. The predicted molar refractivity (Wildman–Crippen MR) is 135 cm³/mol. The van der Waals surface area contributed by atoms with Crippen LogP contribution in [0, 0.1) is 5.92 Å². The molecule has 0 aromatic rings. The van der Waals surface area contributed by atoms with E-state index < -0.39 is 0 Å². The minimum atomic E-state index is -0.0473. The maximum absolute atomic E-state index is 11.7. The lowest BCUT2D eigenvalue weighted by molar-refractivity contribution is -0.148. The fraction of sp³-hybridized carbons (Fsp3) is 0.929. The summed E-state index contributed by atoms with van der Waals surface area (Å²) in [7, 11) is 0. The Morgan fingerprint density at radius 2 is 0.906 bits per heavy atom. The van der Waals surface area contributed by atoms with Crippen LogP contribution in [-0.2, 0) is 19.1 Å². The molecule has 4 heteroatoms. The fourth-order valence-electron chi connectivity index (χ4n) is 4.17. The number of rotatable bonds is 22. The molecule has 0 saturated heterocycles. The van der Waals surface area contributed by atoms with E-state index in [1.54, 1.807) is 0 Å². The van der Waals surface area contributed by atoms with Gasteiger partial charge < -0.3 is 9.47 Å². The number of ether oxygens (including phenoxy) is 2. The molecule has 0 aliphatic rings. The Labute approximate surface area is 199 Å². The van der Waals surface area contributed by atoms with Gasteiger partial charge in [-0.15, -0.1) is 0 Å². The second-order valence-corrected chi connectivity index (χ2v) is 10.0. The molecule has 0 heterocycles. The maximum Gasteiger partial charge on any atom is 0.306 e. The van der Waals surface area contributed by atoms with Crippen LogP contribution >= 0.6 is 0 Å². The Morgan fingerprint density at radius 1 is 0.531 bits per heavy atom. The molecule has 4 nitrogen and oxygen atoms in total. The zero-order valence-corrected chi connectivity index (χ0v) is 22.1. The summed E-state index contributed by atoms with van der Waals surface area (Å²) in [5, 5.41) is 0. The van der Waals surface area contributed by atoms with Gasteiger partial charge in [0.25, 0.3) is 0 Å². The Hall–Kier alpha value is -1.06. The summed E-state index contributed by atoms with van der Waals surface area (Å²) in [5.74, 6) is 0.583. The first kappa shape index (κ1) is 30.9. The van der Waals surface area contributed by atoms with E-state index >= 15 is 0 Å². The predicted octanol–water partition coefficient (Wildman–Crippen LogP) is 8.55. The SMILES string of the molecule is CCC(CCCCCCCCCCCCCCCC(=O)OC(C)C)CCC(=O)OC(C)C. The molecule has 0 aromatic carbocycles. The van der Waals surface area contributed by atoms with Crippen LogP contribution in [0.5, 0.6) is 0 Å². The Bertz CT molecular complexity index is 445. The summed E-state index contributed by atoms with van der Waals surface area (Å²) in [6, 6.07) is 0. The van der Waals surface area contributed by atoms with Crippen molar-refractivity contribution in [2.75, 3.05) is 0 Å². The molecule has 0 fully saturated rings. The van der Waals surface area contributed by atoms with Crippen LogP contribution in [0.1, 0.15) is 150 Å². The number of carbonyl (C=O) groups excluding carboxylic acids is 2. The van der Waals surface area contributed by atoms with Gasteiger partial charge in [-0.05, 0) is 46.5 Å². The monoisotopic (exact) mass is 454 g/mol. The van der Waals surface area contributed by atoms with Gasteiger partial charge in [-0.1, -0.05) is 96.8 Å². The van der Waals surface area contributed by atoms with Gasteiger partial charge in [-0.25, -0.2) is 0 Å². The molecule has 0 rings (SSSR count). The molecular formula is C28H54O4. The molecule has 0 amide bonds. The van der Waals surface area contributed by atoms with Gasteiger partial charge in [0.05, 0.1) is 12.2 Å². The second-order valence-electron chi connectivity index (χ2n) is 10.0. The number of hydrogen-bond acceptors (Lipinski definition) is 4. The number of hydrogen-bond donors (Lipinski definition) is 0. The lowest BCUT2D eigenvalue weighted by Gasteiger charge is -2.15. The van der Waals surface area contributed by atoms with E-state index in [2.05, 4.69) is 6.92 Å². The van der Waals surface area contributed by atoms with Gasteiger partial charge in [0, 0.05) is 12.8 Å². The highest BCUT2D eigenvalue weighted by atomic mass is 16.5. The fourth-order valence-corrected chi connectivity index (χ4v) is 4.17. The van der Waals surface area contributed by atoms with Crippen LogP contribution in [0.15, 0.2) is 0 Å². The molecule has 0 bridgehead atoms. The molecule has 32 heavy (non-hydrogen) atoms. The lowest BCUT2D eigenvalue weighted by Crippen LogP contribution is -2.12. The van der Waals surface area contributed by atoms with Crippen LogP contribution in [0.25, 0.3) is 0 Å². The van der Waals surface area contributed by atoms with Crippen molar-refractivity contribution in [3.8, 4) is 0 Å². The van der Waals surface area contributed by atoms with E-state index in [1.165, 1.54) is 83.5 Å². The normalized spacial score (nSPS) is 12.3. The molecule has 0 aliphatic carbocycles. The van der Waals surface area contributed by atoms with Crippen molar-refractivity contribution in [3.05, 3.63) is 0 Å². The number of carbonyl (C=O) groups is 2. The maximum atomic E-state index is 11.7. The third-order valence-corrected chi connectivity index (χ3v) is 6.06. The molecule has 1 unspecified atom stereocenters. The first-order chi connectivity index (χ1) is 15.3. The van der Waals surface area contributed by atoms with E-state index in [-0.39, 0.29) is 24.1 Å². The van der Waals surface area contributed by atoms with E-state index in [0.717, 1.165) is 19.3 Å². The second kappa shape index (κ2) is 21.8. The van der Waals surface area contributed by atoms with Crippen molar-refractivity contribution >= 4 is 11.9 Å². The van der Waals surface area contributed by atoms with E-state index in [4.69, 9.17) is 9.47 Å². The molecule has 0 spiro atoms. The van der Waals surface area contributed by atoms with Crippen molar-refractivity contribution in [1.82, 2.24) is 0 Å². The third kappa shape index (κ3) is 22.1. The summed E-state index contributed by atoms with van der Waals surface area (Å²) in [6.07, 6.45) is 21.4. The highest BCUT2D eigenvalue weighted by Crippen LogP contribution is 2.20. The van der Waals surface area contributed by atoms with Gasteiger partial charge in [0.1, 0.15) is 0 Å². The zero-order valence-electron chi connectivity index (χ0n) is 22.1. The van der Waals surface area contributed by atoms with E-state index in [0.29, 0.717) is 18.8 Å². The van der Waals surface area contributed by atoms with Gasteiger partial charge in [0.2, 0.25) is 0 Å². The summed E-state index contributed by atoms with van der Waals surface area (Å²) in [6.45, 7) is 9.86. The molecule has 0 saturated carbocycles.